The van der Waals surface area contributed by atoms with Crippen molar-refractivity contribution < 1.29 is 0 Å². The molecule has 1 aliphatic rings. The molecule has 0 bridgehead atoms. The zero-order chi connectivity index (χ0) is 9.30. The Morgan fingerprint density at radius 3 is 2.33 bits per heavy atom. The van der Waals surface area contributed by atoms with E-state index in [0.717, 1.165) is 11.1 Å². The van der Waals surface area contributed by atoms with Crippen LogP contribution in [0.5, 0.6) is 0 Å². The average molecular weight is 162 g/mol. The summed E-state index contributed by atoms with van der Waals surface area (Å²) in [6.07, 6.45) is 3.60. The van der Waals surface area contributed by atoms with Crippen molar-refractivity contribution in [3.8, 4) is 0 Å². The van der Waals surface area contributed by atoms with Gasteiger partial charge in [0.15, 0.2) is 0 Å². The van der Waals surface area contributed by atoms with Crippen molar-refractivity contribution in [2.75, 3.05) is 0 Å². The lowest BCUT2D eigenvalue weighted by molar-refractivity contribution is 0.580. The van der Waals surface area contributed by atoms with E-state index in [1.807, 2.05) is 6.92 Å². The SMILES string of the molecule is C=C(C)C(=C)C1=CC(C)CC1C. The lowest BCUT2D eigenvalue weighted by Crippen LogP contribution is -1.96. The number of allylic oxidation sites excluding steroid dienone is 4. The summed E-state index contributed by atoms with van der Waals surface area (Å²) in [6.45, 7) is 14.5. The van der Waals surface area contributed by atoms with Gasteiger partial charge >= 0.3 is 0 Å². The minimum Gasteiger partial charge on any atom is -0.0955 e. The van der Waals surface area contributed by atoms with Gasteiger partial charge in [-0.3, -0.25) is 0 Å². The van der Waals surface area contributed by atoms with Crippen LogP contribution in [0, 0.1) is 11.8 Å². The molecule has 0 nitrogen and oxygen atoms in total. The van der Waals surface area contributed by atoms with Gasteiger partial charge in [-0.05, 0) is 36.3 Å². The summed E-state index contributed by atoms with van der Waals surface area (Å²) in [6, 6.07) is 0. The maximum Gasteiger partial charge on any atom is -0.0182 e. The van der Waals surface area contributed by atoms with E-state index in [4.69, 9.17) is 0 Å². The van der Waals surface area contributed by atoms with Crippen molar-refractivity contribution in [3.05, 3.63) is 36.0 Å². The number of rotatable bonds is 2. The van der Waals surface area contributed by atoms with E-state index in [2.05, 4.69) is 33.1 Å². The molecule has 2 unspecified atom stereocenters. The molecule has 0 aromatic heterocycles. The third-order valence-electron chi connectivity index (χ3n) is 2.58. The molecule has 0 aromatic carbocycles. The normalized spacial score (nSPS) is 28.4. The van der Waals surface area contributed by atoms with Gasteiger partial charge in [0.1, 0.15) is 0 Å². The molecule has 0 heteroatoms. The lowest BCUT2D eigenvalue weighted by atomic mass is 9.94. The largest absolute Gasteiger partial charge is 0.0955 e. The molecule has 1 rings (SSSR count). The van der Waals surface area contributed by atoms with Crippen molar-refractivity contribution in [1.82, 2.24) is 0 Å². The maximum atomic E-state index is 4.05. The van der Waals surface area contributed by atoms with Crippen LogP contribution < -0.4 is 0 Å². The van der Waals surface area contributed by atoms with E-state index in [-0.39, 0.29) is 0 Å². The first-order valence-corrected chi connectivity index (χ1v) is 4.59. The summed E-state index contributed by atoms with van der Waals surface area (Å²) in [5, 5.41) is 0. The number of hydrogen-bond donors (Lipinski definition) is 0. The molecule has 0 aromatic rings. The van der Waals surface area contributed by atoms with Crippen LogP contribution in [0.2, 0.25) is 0 Å². The second-order valence-electron chi connectivity index (χ2n) is 3.99. The first kappa shape index (κ1) is 9.31. The second-order valence-corrected chi connectivity index (χ2v) is 3.99. The van der Waals surface area contributed by atoms with Crippen LogP contribution in [0.3, 0.4) is 0 Å². The predicted molar refractivity (Wildman–Crippen MR) is 55.0 cm³/mol. The van der Waals surface area contributed by atoms with Gasteiger partial charge in [0.2, 0.25) is 0 Å². The van der Waals surface area contributed by atoms with Crippen LogP contribution in [-0.4, -0.2) is 0 Å². The van der Waals surface area contributed by atoms with Gasteiger partial charge in [0, 0.05) is 0 Å². The summed E-state index contributed by atoms with van der Waals surface area (Å²) in [7, 11) is 0. The van der Waals surface area contributed by atoms with Gasteiger partial charge < -0.3 is 0 Å². The van der Waals surface area contributed by atoms with E-state index in [1.54, 1.807) is 0 Å². The van der Waals surface area contributed by atoms with Crippen molar-refractivity contribution in [1.29, 1.82) is 0 Å². The van der Waals surface area contributed by atoms with Crippen LogP contribution in [-0.2, 0) is 0 Å². The Morgan fingerprint density at radius 2 is 2.00 bits per heavy atom. The van der Waals surface area contributed by atoms with Crippen molar-refractivity contribution in [2.24, 2.45) is 11.8 Å². The van der Waals surface area contributed by atoms with E-state index >= 15 is 0 Å². The Hall–Kier alpha value is -0.780. The van der Waals surface area contributed by atoms with Gasteiger partial charge in [-0.1, -0.05) is 38.7 Å². The third kappa shape index (κ3) is 1.69. The topological polar surface area (TPSA) is 0 Å². The fourth-order valence-corrected chi connectivity index (χ4v) is 1.87. The minimum atomic E-state index is 0.671. The Balaban J connectivity index is 2.82. The molecule has 0 aliphatic heterocycles. The summed E-state index contributed by atoms with van der Waals surface area (Å²) >= 11 is 0. The first-order chi connectivity index (χ1) is 5.52. The zero-order valence-electron chi connectivity index (χ0n) is 8.35. The molecule has 0 radical (unpaired) electrons. The van der Waals surface area contributed by atoms with Crippen molar-refractivity contribution in [2.45, 2.75) is 27.2 Å². The molecule has 0 saturated carbocycles. The fraction of sp³-hybridized carbons (Fsp3) is 0.500. The lowest BCUT2D eigenvalue weighted by Gasteiger charge is -2.11. The van der Waals surface area contributed by atoms with Gasteiger partial charge in [-0.15, -0.1) is 0 Å². The molecule has 2 atom stereocenters. The first-order valence-electron chi connectivity index (χ1n) is 4.59. The van der Waals surface area contributed by atoms with Gasteiger partial charge in [0.25, 0.3) is 0 Å². The van der Waals surface area contributed by atoms with Crippen LogP contribution in [0.1, 0.15) is 27.2 Å². The van der Waals surface area contributed by atoms with Crippen molar-refractivity contribution in [3.63, 3.8) is 0 Å². The quantitative estimate of drug-likeness (QED) is 0.543. The van der Waals surface area contributed by atoms with Gasteiger partial charge in [-0.2, -0.15) is 0 Å². The third-order valence-corrected chi connectivity index (χ3v) is 2.58. The molecule has 12 heavy (non-hydrogen) atoms. The zero-order valence-corrected chi connectivity index (χ0v) is 8.35. The molecule has 0 spiro atoms. The highest BCUT2D eigenvalue weighted by molar-refractivity contribution is 5.45. The molecule has 66 valence electrons. The molecule has 0 fully saturated rings. The highest BCUT2D eigenvalue weighted by Gasteiger charge is 2.21. The fourth-order valence-electron chi connectivity index (χ4n) is 1.87. The highest BCUT2D eigenvalue weighted by atomic mass is 14.3. The Labute approximate surface area is 75.7 Å². The Kier molecular flexibility index (Phi) is 2.56. The van der Waals surface area contributed by atoms with Gasteiger partial charge in [-0.25, -0.2) is 0 Å². The molecular weight excluding hydrogens is 144 g/mol. The minimum absolute atomic E-state index is 0.671. The summed E-state index contributed by atoms with van der Waals surface area (Å²) in [4.78, 5) is 0. The van der Waals surface area contributed by atoms with E-state index in [0.29, 0.717) is 11.8 Å². The standard InChI is InChI=1S/C12H18/c1-8(2)11(5)12-7-9(3)6-10(12)4/h7,9-10H,1,5-6H2,2-4H3. The Morgan fingerprint density at radius 1 is 1.42 bits per heavy atom. The summed E-state index contributed by atoms with van der Waals surface area (Å²) in [5.41, 5.74) is 3.66. The van der Waals surface area contributed by atoms with E-state index < -0.39 is 0 Å². The van der Waals surface area contributed by atoms with Crippen LogP contribution in [0.25, 0.3) is 0 Å². The highest BCUT2D eigenvalue weighted by Crippen LogP contribution is 2.35. The van der Waals surface area contributed by atoms with Crippen LogP contribution >= 0.6 is 0 Å². The Bertz CT molecular complexity index is 243. The van der Waals surface area contributed by atoms with Crippen LogP contribution in [0.15, 0.2) is 36.0 Å². The molecule has 0 saturated heterocycles. The molecule has 1 aliphatic carbocycles. The monoisotopic (exact) mass is 162 g/mol. The summed E-state index contributed by atoms with van der Waals surface area (Å²) < 4.78 is 0. The van der Waals surface area contributed by atoms with Crippen LogP contribution in [0.4, 0.5) is 0 Å². The number of hydrogen-bond acceptors (Lipinski definition) is 0. The van der Waals surface area contributed by atoms with Crippen molar-refractivity contribution >= 4 is 0 Å². The van der Waals surface area contributed by atoms with E-state index in [9.17, 15) is 0 Å². The smallest absolute Gasteiger partial charge is 0.0182 e. The molecule has 0 N–H and O–H groups in total. The molecule has 0 heterocycles. The molecular formula is C12H18. The molecule has 0 amide bonds. The second kappa shape index (κ2) is 3.30. The maximum absolute atomic E-state index is 4.05. The average Bonchev–Trinajstić information content (AvgIpc) is 2.28. The predicted octanol–water partition coefficient (Wildman–Crippen LogP) is 3.72. The van der Waals surface area contributed by atoms with Gasteiger partial charge in [0.05, 0.1) is 0 Å². The van der Waals surface area contributed by atoms with E-state index in [1.165, 1.54) is 12.0 Å². The summed E-state index contributed by atoms with van der Waals surface area (Å²) in [5.74, 6) is 1.38.